The van der Waals surface area contributed by atoms with Gasteiger partial charge in [-0.3, -0.25) is 4.79 Å². The fourth-order valence-electron chi connectivity index (χ4n) is 4.25. The summed E-state index contributed by atoms with van der Waals surface area (Å²) in [6.07, 6.45) is 5.15. The summed E-state index contributed by atoms with van der Waals surface area (Å²) in [7, 11) is 0. The van der Waals surface area contributed by atoms with E-state index in [-0.39, 0.29) is 5.91 Å². The minimum absolute atomic E-state index is 0.167. The summed E-state index contributed by atoms with van der Waals surface area (Å²) >= 11 is 0. The lowest BCUT2D eigenvalue weighted by Crippen LogP contribution is -2.40. The van der Waals surface area contributed by atoms with Gasteiger partial charge in [0.25, 0.3) is 0 Å². The van der Waals surface area contributed by atoms with E-state index >= 15 is 0 Å². The molecule has 6 nitrogen and oxygen atoms in total. The summed E-state index contributed by atoms with van der Waals surface area (Å²) in [5, 5.41) is 5.40. The summed E-state index contributed by atoms with van der Waals surface area (Å²) < 4.78 is 4.06. The van der Waals surface area contributed by atoms with Crippen LogP contribution in [0.3, 0.4) is 0 Å². The van der Waals surface area contributed by atoms with Crippen LogP contribution in [0.2, 0.25) is 0 Å². The molecule has 1 saturated heterocycles. The number of rotatable bonds is 4. The van der Waals surface area contributed by atoms with Crippen molar-refractivity contribution in [3.8, 4) is 11.3 Å². The van der Waals surface area contributed by atoms with Gasteiger partial charge in [0.05, 0.1) is 6.04 Å². The molecule has 0 unspecified atom stereocenters. The first-order chi connectivity index (χ1) is 14.3. The molecule has 6 heteroatoms. The lowest BCUT2D eigenvalue weighted by molar-refractivity contribution is -0.133. The van der Waals surface area contributed by atoms with Crippen molar-refractivity contribution in [1.29, 1.82) is 0 Å². The number of carbonyl (C=O) groups is 1. The summed E-state index contributed by atoms with van der Waals surface area (Å²) in [5.41, 5.74) is 3.30. The fourth-order valence-corrected chi connectivity index (χ4v) is 4.25. The maximum absolute atomic E-state index is 13.2. The van der Waals surface area contributed by atoms with E-state index in [4.69, 9.17) is 0 Å². The molecular formula is C23H23N5O. The predicted octanol–water partition coefficient (Wildman–Crippen LogP) is 3.76. The van der Waals surface area contributed by atoms with Gasteiger partial charge in [-0.2, -0.15) is 5.10 Å². The predicted molar refractivity (Wildman–Crippen MR) is 112 cm³/mol. The van der Waals surface area contributed by atoms with Gasteiger partial charge < -0.3 is 9.47 Å². The van der Waals surface area contributed by atoms with Crippen LogP contribution in [0.1, 0.15) is 18.9 Å². The number of amides is 1. The van der Waals surface area contributed by atoms with Crippen LogP contribution >= 0.6 is 0 Å². The minimum Gasteiger partial charge on any atom is -0.341 e. The summed E-state index contributed by atoms with van der Waals surface area (Å²) in [6.45, 7) is 1.86. The van der Waals surface area contributed by atoms with Crippen LogP contribution in [0.5, 0.6) is 0 Å². The second kappa shape index (κ2) is 7.54. The number of hydrogen-bond acceptors (Lipinski definition) is 3. The number of piperidine rings is 1. The molecule has 0 atom stereocenters. The fraction of sp³-hybridized carbons (Fsp3) is 0.261. The van der Waals surface area contributed by atoms with Gasteiger partial charge in [0, 0.05) is 29.7 Å². The molecule has 1 aliphatic rings. The van der Waals surface area contributed by atoms with Crippen molar-refractivity contribution in [2.24, 2.45) is 0 Å². The highest BCUT2D eigenvalue weighted by Crippen LogP contribution is 2.29. The SMILES string of the molecule is O=C(Cn1c(-c2ccccc2)cc2ccccc21)N1CCC(n2cncn2)CC1. The molecule has 0 aliphatic carbocycles. The number of aromatic nitrogens is 4. The third-order valence-electron chi connectivity index (χ3n) is 5.80. The molecule has 1 fully saturated rings. The minimum atomic E-state index is 0.167. The molecule has 1 amide bonds. The summed E-state index contributed by atoms with van der Waals surface area (Å²) in [4.78, 5) is 19.2. The average molecular weight is 385 g/mol. The van der Waals surface area contributed by atoms with Gasteiger partial charge >= 0.3 is 0 Å². The van der Waals surface area contributed by atoms with Crippen LogP contribution < -0.4 is 0 Å². The van der Waals surface area contributed by atoms with Crippen LogP contribution in [0, 0.1) is 0 Å². The van der Waals surface area contributed by atoms with E-state index in [0.29, 0.717) is 12.6 Å². The molecule has 5 rings (SSSR count). The van der Waals surface area contributed by atoms with Crippen molar-refractivity contribution in [3.63, 3.8) is 0 Å². The molecule has 0 spiro atoms. The van der Waals surface area contributed by atoms with Crippen molar-refractivity contribution in [3.05, 3.63) is 73.3 Å². The van der Waals surface area contributed by atoms with Gasteiger partial charge in [-0.1, -0.05) is 48.5 Å². The molecule has 1 aliphatic heterocycles. The Labute approximate surface area is 169 Å². The molecule has 29 heavy (non-hydrogen) atoms. The quantitative estimate of drug-likeness (QED) is 0.537. The number of hydrogen-bond donors (Lipinski definition) is 0. The maximum Gasteiger partial charge on any atom is 0.242 e. The highest BCUT2D eigenvalue weighted by molar-refractivity contribution is 5.89. The molecular weight excluding hydrogens is 362 g/mol. The van der Waals surface area contributed by atoms with E-state index in [1.54, 1.807) is 12.7 Å². The van der Waals surface area contributed by atoms with E-state index < -0.39 is 0 Å². The molecule has 4 aromatic rings. The number of carbonyl (C=O) groups excluding carboxylic acids is 1. The van der Waals surface area contributed by atoms with Crippen molar-refractivity contribution < 1.29 is 4.79 Å². The molecule has 3 heterocycles. The average Bonchev–Trinajstić information content (AvgIpc) is 3.43. The van der Waals surface area contributed by atoms with Crippen LogP contribution in [-0.2, 0) is 11.3 Å². The van der Waals surface area contributed by atoms with Crippen LogP contribution in [-0.4, -0.2) is 43.2 Å². The van der Waals surface area contributed by atoms with Gasteiger partial charge in [-0.25, -0.2) is 9.67 Å². The number of fused-ring (bicyclic) bond motifs is 1. The van der Waals surface area contributed by atoms with Gasteiger partial charge in [0.1, 0.15) is 19.2 Å². The van der Waals surface area contributed by atoms with Crippen LogP contribution in [0.4, 0.5) is 0 Å². The normalized spacial score (nSPS) is 15.1. The standard InChI is InChI=1S/C23H23N5O/c29-23(26-12-10-20(11-13-26)28-17-24-16-25-28)15-27-21-9-5-4-8-19(21)14-22(27)18-6-2-1-3-7-18/h1-9,14,16-17,20H,10-13,15H2. The Kier molecular flexibility index (Phi) is 4.60. The second-order valence-electron chi connectivity index (χ2n) is 7.53. The van der Waals surface area contributed by atoms with E-state index in [0.717, 1.165) is 48.1 Å². The van der Waals surface area contributed by atoms with E-state index in [1.807, 2.05) is 39.9 Å². The lowest BCUT2D eigenvalue weighted by Gasteiger charge is -2.32. The molecule has 146 valence electrons. The van der Waals surface area contributed by atoms with E-state index in [2.05, 4.69) is 45.0 Å². The Bertz CT molecular complexity index is 1110. The lowest BCUT2D eigenvalue weighted by atomic mass is 10.1. The Morgan fingerprint density at radius 1 is 1.00 bits per heavy atom. The zero-order chi connectivity index (χ0) is 19.6. The first-order valence-corrected chi connectivity index (χ1v) is 10.1. The molecule has 0 N–H and O–H groups in total. The number of para-hydroxylation sites is 1. The molecule has 0 bridgehead atoms. The molecule has 2 aromatic heterocycles. The Hall–Kier alpha value is -3.41. The smallest absolute Gasteiger partial charge is 0.242 e. The largest absolute Gasteiger partial charge is 0.341 e. The monoisotopic (exact) mass is 385 g/mol. The highest BCUT2D eigenvalue weighted by Gasteiger charge is 2.25. The van der Waals surface area contributed by atoms with E-state index in [9.17, 15) is 4.79 Å². The first kappa shape index (κ1) is 17.7. The van der Waals surface area contributed by atoms with Crippen LogP contribution in [0.25, 0.3) is 22.2 Å². The Balaban J connectivity index is 1.38. The van der Waals surface area contributed by atoms with Crippen molar-refractivity contribution in [2.75, 3.05) is 13.1 Å². The second-order valence-corrected chi connectivity index (χ2v) is 7.53. The molecule has 0 radical (unpaired) electrons. The van der Waals surface area contributed by atoms with Crippen LogP contribution in [0.15, 0.2) is 73.3 Å². The Morgan fingerprint density at radius 3 is 2.52 bits per heavy atom. The van der Waals surface area contributed by atoms with Crippen molar-refractivity contribution in [1.82, 2.24) is 24.2 Å². The highest BCUT2D eigenvalue weighted by atomic mass is 16.2. The first-order valence-electron chi connectivity index (χ1n) is 10.1. The maximum atomic E-state index is 13.2. The zero-order valence-corrected chi connectivity index (χ0v) is 16.2. The van der Waals surface area contributed by atoms with Gasteiger partial charge in [0.2, 0.25) is 5.91 Å². The zero-order valence-electron chi connectivity index (χ0n) is 16.2. The van der Waals surface area contributed by atoms with Crippen molar-refractivity contribution in [2.45, 2.75) is 25.4 Å². The summed E-state index contributed by atoms with van der Waals surface area (Å²) in [5.74, 6) is 0.167. The van der Waals surface area contributed by atoms with Gasteiger partial charge in [0.15, 0.2) is 0 Å². The van der Waals surface area contributed by atoms with Crippen molar-refractivity contribution >= 4 is 16.8 Å². The number of benzene rings is 2. The topological polar surface area (TPSA) is 56.0 Å². The van der Waals surface area contributed by atoms with Gasteiger partial charge in [-0.05, 0) is 30.5 Å². The van der Waals surface area contributed by atoms with E-state index in [1.165, 1.54) is 0 Å². The molecule has 2 aromatic carbocycles. The number of likely N-dealkylation sites (tertiary alicyclic amines) is 1. The third-order valence-corrected chi connectivity index (χ3v) is 5.80. The number of nitrogens with zero attached hydrogens (tertiary/aromatic N) is 5. The molecule has 0 saturated carbocycles. The third kappa shape index (κ3) is 3.42. The van der Waals surface area contributed by atoms with Gasteiger partial charge in [-0.15, -0.1) is 0 Å². The Morgan fingerprint density at radius 2 is 1.76 bits per heavy atom. The summed E-state index contributed by atoms with van der Waals surface area (Å²) in [6, 6.07) is 21.0.